The molecule has 0 heterocycles. The van der Waals surface area contributed by atoms with E-state index in [9.17, 15) is 0 Å². The maximum absolute atomic E-state index is 9.10. The third-order valence-corrected chi connectivity index (χ3v) is 3.71. The van der Waals surface area contributed by atoms with E-state index in [-0.39, 0.29) is 12.6 Å². The van der Waals surface area contributed by atoms with E-state index in [1.165, 1.54) is 11.1 Å². The van der Waals surface area contributed by atoms with Crippen molar-refractivity contribution in [3.8, 4) is 5.75 Å². The van der Waals surface area contributed by atoms with Crippen LogP contribution in [0.15, 0.2) is 18.2 Å². The Hall–Kier alpha value is -1.10. The van der Waals surface area contributed by atoms with E-state index in [0.717, 1.165) is 18.6 Å². The molecular formula is C15H23NO3. The van der Waals surface area contributed by atoms with Gasteiger partial charge in [0.25, 0.3) is 0 Å². The van der Waals surface area contributed by atoms with Crippen molar-refractivity contribution in [3.05, 3.63) is 29.3 Å². The maximum Gasteiger partial charge on any atom is 0.119 e. The third kappa shape index (κ3) is 3.47. The highest BCUT2D eigenvalue weighted by atomic mass is 16.5. The van der Waals surface area contributed by atoms with E-state index in [0.29, 0.717) is 19.1 Å². The second kappa shape index (κ2) is 6.89. The van der Waals surface area contributed by atoms with E-state index in [2.05, 4.69) is 17.4 Å². The topological polar surface area (TPSA) is 50.7 Å². The Morgan fingerprint density at radius 1 is 1.42 bits per heavy atom. The molecule has 2 unspecified atom stereocenters. The minimum Gasteiger partial charge on any atom is -0.497 e. The lowest BCUT2D eigenvalue weighted by Gasteiger charge is -2.22. The van der Waals surface area contributed by atoms with Crippen molar-refractivity contribution in [2.45, 2.75) is 31.3 Å². The van der Waals surface area contributed by atoms with Crippen LogP contribution < -0.4 is 10.1 Å². The zero-order chi connectivity index (χ0) is 13.7. The Bertz CT molecular complexity index is 402. The van der Waals surface area contributed by atoms with Gasteiger partial charge in [-0.2, -0.15) is 0 Å². The van der Waals surface area contributed by atoms with Gasteiger partial charge in [-0.05, 0) is 42.5 Å². The van der Waals surface area contributed by atoms with Gasteiger partial charge in [0.15, 0.2) is 0 Å². The second-order valence-corrected chi connectivity index (χ2v) is 4.99. The molecule has 1 aromatic rings. The Morgan fingerprint density at radius 2 is 2.26 bits per heavy atom. The summed E-state index contributed by atoms with van der Waals surface area (Å²) < 4.78 is 10.5. The molecule has 0 fully saturated rings. The van der Waals surface area contributed by atoms with Crippen molar-refractivity contribution in [3.63, 3.8) is 0 Å². The number of aliphatic hydroxyl groups excluding tert-OH is 1. The van der Waals surface area contributed by atoms with E-state index < -0.39 is 0 Å². The van der Waals surface area contributed by atoms with Crippen LogP contribution in [0, 0.1) is 0 Å². The van der Waals surface area contributed by atoms with Crippen molar-refractivity contribution in [2.24, 2.45) is 0 Å². The molecule has 0 aliphatic heterocycles. The number of benzene rings is 1. The number of methoxy groups -OCH3 is 2. The van der Waals surface area contributed by atoms with Crippen LogP contribution in [0.5, 0.6) is 5.75 Å². The van der Waals surface area contributed by atoms with Gasteiger partial charge in [-0.1, -0.05) is 6.07 Å². The van der Waals surface area contributed by atoms with Crippen molar-refractivity contribution in [1.29, 1.82) is 0 Å². The molecule has 2 atom stereocenters. The van der Waals surface area contributed by atoms with Crippen molar-refractivity contribution < 1.29 is 14.6 Å². The zero-order valence-electron chi connectivity index (χ0n) is 11.7. The highest BCUT2D eigenvalue weighted by molar-refractivity contribution is 5.40. The highest BCUT2D eigenvalue weighted by Crippen LogP contribution is 2.34. The average molecular weight is 265 g/mol. The van der Waals surface area contributed by atoms with Gasteiger partial charge in [0, 0.05) is 25.8 Å². The lowest BCUT2D eigenvalue weighted by Crippen LogP contribution is -2.36. The summed E-state index contributed by atoms with van der Waals surface area (Å²) >= 11 is 0. The molecule has 1 aliphatic carbocycles. The number of aryl methyl sites for hydroxylation is 1. The molecule has 0 aromatic heterocycles. The van der Waals surface area contributed by atoms with Crippen molar-refractivity contribution >= 4 is 0 Å². The first-order chi connectivity index (χ1) is 9.28. The summed E-state index contributed by atoms with van der Waals surface area (Å²) in [6, 6.07) is 6.80. The summed E-state index contributed by atoms with van der Waals surface area (Å²) in [4.78, 5) is 0. The predicted octanol–water partition coefficient (Wildman–Crippen LogP) is 1.67. The number of rotatable bonds is 7. The number of aliphatic hydroxyl groups is 1. The van der Waals surface area contributed by atoms with Crippen LogP contribution in [0.3, 0.4) is 0 Å². The summed E-state index contributed by atoms with van der Waals surface area (Å²) in [7, 11) is 3.39. The van der Waals surface area contributed by atoms with E-state index in [1.807, 2.05) is 6.07 Å². The third-order valence-electron chi connectivity index (χ3n) is 3.71. The van der Waals surface area contributed by atoms with Gasteiger partial charge in [0.05, 0.1) is 13.7 Å². The minimum absolute atomic E-state index is 0.179. The maximum atomic E-state index is 9.10. The van der Waals surface area contributed by atoms with Crippen LogP contribution in [-0.4, -0.2) is 38.6 Å². The standard InChI is InChI=1S/C15H23NO3/c1-18-10-12(7-8-17)16-15-6-4-11-3-5-13(19-2)9-14(11)15/h3,5,9,12,15-17H,4,6-8,10H2,1-2H3. The fraction of sp³-hybridized carbons (Fsp3) is 0.600. The summed E-state index contributed by atoms with van der Waals surface area (Å²) in [6.07, 6.45) is 2.90. The minimum atomic E-state index is 0.179. The van der Waals surface area contributed by atoms with Crippen molar-refractivity contribution in [1.82, 2.24) is 5.32 Å². The second-order valence-electron chi connectivity index (χ2n) is 4.99. The van der Waals surface area contributed by atoms with Gasteiger partial charge in [-0.3, -0.25) is 0 Å². The Labute approximate surface area is 114 Å². The van der Waals surface area contributed by atoms with Crippen LogP contribution in [0.1, 0.15) is 30.0 Å². The highest BCUT2D eigenvalue weighted by Gasteiger charge is 2.25. The lowest BCUT2D eigenvalue weighted by atomic mass is 10.1. The number of fused-ring (bicyclic) bond motifs is 1. The molecule has 2 rings (SSSR count). The van der Waals surface area contributed by atoms with Gasteiger partial charge in [0.1, 0.15) is 5.75 Å². The van der Waals surface area contributed by atoms with Gasteiger partial charge in [-0.25, -0.2) is 0 Å². The van der Waals surface area contributed by atoms with Gasteiger partial charge >= 0.3 is 0 Å². The monoisotopic (exact) mass is 265 g/mol. The smallest absolute Gasteiger partial charge is 0.119 e. The molecular weight excluding hydrogens is 242 g/mol. The molecule has 0 saturated heterocycles. The van der Waals surface area contributed by atoms with Gasteiger partial charge in [0.2, 0.25) is 0 Å². The van der Waals surface area contributed by atoms with Gasteiger partial charge in [-0.15, -0.1) is 0 Å². The number of hydrogen-bond acceptors (Lipinski definition) is 4. The quantitative estimate of drug-likeness (QED) is 0.787. The van der Waals surface area contributed by atoms with Gasteiger partial charge < -0.3 is 19.9 Å². The first-order valence-corrected chi connectivity index (χ1v) is 6.81. The van der Waals surface area contributed by atoms with Crippen LogP contribution in [0.25, 0.3) is 0 Å². The average Bonchev–Trinajstić information content (AvgIpc) is 2.82. The van der Waals surface area contributed by atoms with Crippen molar-refractivity contribution in [2.75, 3.05) is 27.4 Å². The molecule has 0 radical (unpaired) electrons. The Kier molecular flexibility index (Phi) is 5.19. The summed E-state index contributed by atoms with van der Waals surface area (Å²) in [5.74, 6) is 0.901. The molecule has 0 spiro atoms. The largest absolute Gasteiger partial charge is 0.497 e. The molecule has 2 N–H and O–H groups in total. The zero-order valence-corrected chi connectivity index (χ0v) is 11.7. The SMILES string of the molecule is COCC(CCO)NC1CCc2ccc(OC)cc21. The molecule has 4 heteroatoms. The fourth-order valence-electron chi connectivity index (χ4n) is 2.74. The molecule has 1 aliphatic rings. The van der Waals surface area contributed by atoms with Crippen LogP contribution in [0.2, 0.25) is 0 Å². The van der Waals surface area contributed by atoms with Crippen LogP contribution >= 0.6 is 0 Å². The van der Waals surface area contributed by atoms with Crippen LogP contribution in [0.4, 0.5) is 0 Å². The van der Waals surface area contributed by atoms with E-state index >= 15 is 0 Å². The first-order valence-electron chi connectivity index (χ1n) is 6.81. The van der Waals surface area contributed by atoms with E-state index in [1.54, 1.807) is 14.2 Å². The predicted molar refractivity (Wildman–Crippen MR) is 74.6 cm³/mol. The normalized spacial score (nSPS) is 19.2. The molecule has 0 amide bonds. The number of nitrogens with one attached hydrogen (secondary N) is 1. The molecule has 4 nitrogen and oxygen atoms in total. The van der Waals surface area contributed by atoms with Crippen LogP contribution in [-0.2, 0) is 11.2 Å². The van der Waals surface area contributed by atoms with E-state index in [4.69, 9.17) is 14.6 Å². The fourth-order valence-corrected chi connectivity index (χ4v) is 2.74. The molecule has 106 valence electrons. The summed E-state index contributed by atoms with van der Waals surface area (Å²) in [5.41, 5.74) is 2.71. The molecule has 0 bridgehead atoms. The summed E-state index contributed by atoms with van der Waals surface area (Å²) in [5, 5.41) is 12.7. The summed E-state index contributed by atoms with van der Waals surface area (Å²) in [6.45, 7) is 0.801. The number of ether oxygens (including phenoxy) is 2. The molecule has 0 saturated carbocycles. The lowest BCUT2D eigenvalue weighted by molar-refractivity contribution is 0.142. The molecule has 1 aromatic carbocycles. The Morgan fingerprint density at radius 3 is 2.95 bits per heavy atom. The first kappa shape index (κ1) is 14.3. The molecule has 19 heavy (non-hydrogen) atoms. The number of hydrogen-bond donors (Lipinski definition) is 2. The Balaban J connectivity index is 2.07.